The number of rotatable bonds is 8. The second-order valence-corrected chi connectivity index (χ2v) is 11.3. The largest absolute Gasteiger partial charge is 0.477 e. The highest BCUT2D eigenvalue weighted by Gasteiger charge is 2.60. The zero-order chi connectivity index (χ0) is 23.3. The molecule has 1 amide bonds. The first-order chi connectivity index (χ1) is 15.8. The monoisotopic (exact) mass is 491 g/mol. The van der Waals surface area contributed by atoms with E-state index in [0.29, 0.717) is 0 Å². The van der Waals surface area contributed by atoms with Crippen LogP contribution in [0.25, 0.3) is 0 Å². The van der Waals surface area contributed by atoms with E-state index in [1.165, 1.54) is 15.9 Å². The lowest BCUT2D eigenvalue weighted by Gasteiger charge is -2.47. The number of β-lactam (4-membered cyclic amide) rings is 1. The molecule has 5 heterocycles. The van der Waals surface area contributed by atoms with Gasteiger partial charge in [0, 0.05) is 41.3 Å². The van der Waals surface area contributed by atoms with Gasteiger partial charge in [0.2, 0.25) is 5.91 Å². The molecule has 0 radical (unpaired) electrons. The van der Waals surface area contributed by atoms with Gasteiger partial charge in [0.05, 0.1) is 18.5 Å². The number of thioether (sulfide) groups is 2. The van der Waals surface area contributed by atoms with Gasteiger partial charge in [-0.2, -0.15) is 0 Å². The molecule has 1 aromatic heterocycles. The van der Waals surface area contributed by atoms with Gasteiger partial charge in [0.15, 0.2) is 11.0 Å². The van der Waals surface area contributed by atoms with Crippen molar-refractivity contribution in [2.75, 3.05) is 25.4 Å². The smallest absolute Gasteiger partial charge is 0.353 e. The van der Waals surface area contributed by atoms with Gasteiger partial charge in [-0.3, -0.25) is 14.6 Å². The SMILES string of the molecule is C[C@@H](CC(=O)Cn1cnnn1)[C@H]1C(=O)N2C(C(=O)O)=C(SC3CN(C4=NCCS4)C3)[C@H](C)[C@H]12. The Hall–Kier alpha value is -2.41. The highest BCUT2D eigenvalue weighted by atomic mass is 32.2. The van der Waals surface area contributed by atoms with E-state index in [4.69, 9.17) is 0 Å². The number of amidine groups is 1. The Balaban J connectivity index is 1.24. The highest BCUT2D eigenvalue weighted by Crippen LogP contribution is 2.53. The number of aliphatic carboxylic acids is 1. The van der Waals surface area contributed by atoms with Crippen LogP contribution in [0.15, 0.2) is 21.9 Å². The second kappa shape index (κ2) is 8.75. The Morgan fingerprint density at radius 3 is 2.79 bits per heavy atom. The molecular formula is C20H25N7O4S2. The van der Waals surface area contributed by atoms with Gasteiger partial charge in [0.1, 0.15) is 18.6 Å². The summed E-state index contributed by atoms with van der Waals surface area (Å²) < 4.78 is 1.36. The van der Waals surface area contributed by atoms with Crippen molar-refractivity contribution in [3.8, 4) is 0 Å². The summed E-state index contributed by atoms with van der Waals surface area (Å²) in [5.74, 6) is -0.940. The number of tetrazole rings is 1. The number of carbonyl (C=O) groups is 3. The minimum Gasteiger partial charge on any atom is -0.477 e. The Bertz CT molecular complexity index is 1040. The number of aromatic nitrogens is 4. The van der Waals surface area contributed by atoms with Gasteiger partial charge >= 0.3 is 5.97 Å². The molecule has 0 bridgehead atoms. The van der Waals surface area contributed by atoms with E-state index >= 15 is 0 Å². The van der Waals surface area contributed by atoms with Crippen LogP contribution in [0.5, 0.6) is 0 Å². The first-order valence-electron chi connectivity index (χ1n) is 11.0. The maximum Gasteiger partial charge on any atom is 0.353 e. The molecule has 4 atom stereocenters. The number of carboxylic acids is 1. The average Bonchev–Trinajstić information content (AvgIpc) is 3.46. The first-order valence-corrected chi connectivity index (χ1v) is 12.8. The molecule has 0 aromatic carbocycles. The number of ketones is 1. The van der Waals surface area contributed by atoms with Crippen LogP contribution in [0.3, 0.4) is 0 Å². The van der Waals surface area contributed by atoms with Crippen LogP contribution in [0.1, 0.15) is 20.3 Å². The molecule has 0 aliphatic carbocycles. The molecule has 0 unspecified atom stereocenters. The van der Waals surface area contributed by atoms with Crippen molar-refractivity contribution in [3.05, 3.63) is 16.9 Å². The predicted molar refractivity (Wildman–Crippen MR) is 122 cm³/mol. The minimum absolute atomic E-state index is 0.0592. The number of fused-ring (bicyclic) bond motifs is 1. The van der Waals surface area contributed by atoms with Crippen LogP contribution >= 0.6 is 23.5 Å². The Morgan fingerprint density at radius 2 is 2.15 bits per heavy atom. The molecule has 33 heavy (non-hydrogen) atoms. The Morgan fingerprint density at radius 1 is 1.36 bits per heavy atom. The summed E-state index contributed by atoms with van der Waals surface area (Å²) in [5, 5.41) is 22.0. The number of carbonyl (C=O) groups excluding carboxylic acids is 2. The number of Topliss-reactive ketones (excluding diaryl/α,β-unsaturated/α-hetero) is 1. The van der Waals surface area contributed by atoms with Gasteiger partial charge in [0.25, 0.3) is 0 Å². The zero-order valence-corrected chi connectivity index (χ0v) is 20.0. The van der Waals surface area contributed by atoms with Gasteiger partial charge in [-0.1, -0.05) is 25.6 Å². The summed E-state index contributed by atoms with van der Waals surface area (Å²) in [6.45, 7) is 6.48. The second-order valence-electron chi connectivity index (χ2n) is 8.92. The number of aliphatic imine (C=N–C) groups is 1. The van der Waals surface area contributed by atoms with Crippen LogP contribution in [0.2, 0.25) is 0 Å². The topological polar surface area (TPSA) is 134 Å². The van der Waals surface area contributed by atoms with Crippen LogP contribution in [0.4, 0.5) is 0 Å². The lowest BCUT2D eigenvalue weighted by atomic mass is 9.73. The number of hydrogen-bond acceptors (Lipinski definition) is 10. The van der Waals surface area contributed by atoms with E-state index in [-0.39, 0.29) is 59.4 Å². The van der Waals surface area contributed by atoms with Gasteiger partial charge < -0.3 is 14.9 Å². The summed E-state index contributed by atoms with van der Waals surface area (Å²) in [6.07, 6.45) is 1.60. The molecule has 1 N–H and O–H groups in total. The third kappa shape index (κ3) is 3.94. The Kier molecular flexibility index (Phi) is 5.93. The van der Waals surface area contributed by atoms with Crippen molar-refractivity contribution in [1.29, 1.82) is 0 Å². The van der Waals surface area contributed by atoms with Gasteiger partial charge in [-0.05, 0) is 16.3 Å². The molecule has 4 aliphatic rings. The quantitative estimate of drug-likeness (QED) is 0.514. The maximum absolute atomic E-state index is 13.0. The summed E-state index contributed by atoms with van der Waals surface area (Å²) in [7, 11) is 0. The van der Waals surface area contributed by atoms with E-state index in [2.05, 4.69) is 25.4 Å². The van der Waals surface area contributed by atoms with E-state index in [0.717, 1.165) is 35.5 Å². The fraction of sp³-hybridized carbons (Fsp3) is 0.650. The standard InChI is InChI=1S/C20H25N7O4S2/c1-10(5-12(28)6-26-9-22-23-24-26)14-15-11(2)17(16(19(30)31)27(15)18(14)29)33-13-7-25(8-13)20-21-3-4-32-20/h9-11,13-15H,3-8H2,1-2H3,(H,30,31)/t10-,11+,14+,15+/m0/s1. The number of carboxylic acid groups (broad SMARTS) is 1. The molecule has 2 fully saturated rings. The van der Waals surface area contributed by atoms with Crippen molar-refractivity contribution in [1.82, 2.24) is 30.0 Å². The lowest BCUT2D eigenvalue weighted by molar-refractivity contribution is -0.160. The Labute approximate surface area is 199 Å². The third-order valence-corrected chi connectivity index (χ3v) is 9.15. The number of amides is 1. The van der Waals surface area contributed by atoms with Crippen molar-refractivity contribution in [2.45, 2.75) is 38.1 Å². The first kappa shape index (κ1) is 22.4. The molecule has 5 rings (SSSR count). The number of likely N-dealkylation sites (tertiary alicyclic amines) is 1. The van der Waals surface area contributed by atoms with E-state index in [1.807, 2.05) is 13.8 Å². The molecule has 1 aromatic rings. The zero-order valence-electron chi connectivity index (χ0n) is 18.3. The summed E-state index contributed by atoms with van der Waals surface area (Å²) >= 11 is 3.35. The fourth-order valence-corrected chi connectivity index (χ4v) is 7.51. The van der Waals surface area contributed by atoms with E-state index in [1.54, 1.807) is 23.5 Å². The van der Waals surface area contributed by atoms with Crippen molar-refractivity contribution < 1.29 is 19.5 Å². The molecule has 176 valence electrons. The van der Waals surface area contributed by atoms with Crippen LogP contribution < -0.4 is 0 Å². The number of hydrogen-bond donors (Lipinski definition) is 1. The molecule has 2 saturated heterocycles. The minimum atomic E-state index is -1.06. The maximum atomic E-state index is 13.0. The number of nitrogens with zero attached hydrogens (tertiary/aromatic N) is 7. The summed E-state index contributed by atoms with van der Waals surface area (Å²) in [6, 6.07) is -0.215. The summed E-state index contributed by atoms with van der Waals surface area (Å²) in [5.41, 5.74) is 0.122. The normalized spacial score (nSPS) is 27.9. The van der Waals surface area contributed by atoms with E-state index in [9.17, 15) is 19.5 Å². The fourth-order valence-electron chi connectivity index (χ4n) is 5.11. The average molecular weight is 492 g/mol. The molecule has 13 heteroatoms. The third-order valence-electron chi connectivity index (χ3n) is 6.67. The van der Waals surface area contributed by atoms with Crippen molar-refractivity contribution in [2.24, 2.45) is 22.7 Å². The molecule has 4 aliphatic heterocycles. The highest BCUT2D eigenvalue weighted by molar-refractivity contribution is 8.14. The lowest BCUT2D eigenvalue weighted by Crippen LogP contribution is -2.62. The van der Waals surface area contributed by atoms with Gasteiger partial charge in [-0.25, -0.2) is 9.48 Å². The molecule has 11 nitrogen and oxygen atoms in total. The van der Waals surface area contributed by atoms with Gasteiger partial charge in [-0.15, -0.1) is 16.9 Å². The molecule has 0 saturated carbocycles. The predicted octanol–water partition coefficient (Wildman–Crippen LogP) is 0.562. The van der Waals surface area contributed by atoms with Crippen LogP contribution in [-0.4, -0.2) is 94.6 Å². The van der Waals surface area contributed by atoms with Crippen molar-refractivity contribution in [3.63, 3.8) is 0 Å². The van der Waals surface area contributed by atoms with Crippen LogP contribution in [0, 0.1) is 17.8 Å². The molecular weight excluding hydrogens is 466 g/mol. The molecule has 0 spiro atoms. The van der Waals surface area contributed by atoms with E-state index < -0.39 is 5.97 Å². The van der Waals surface area contributed by atoms with Crippen LogP contribution in [-0.2, 0) is 20.9 Å². The summed E-state index contributed by atoms with van der Waals surface area (Å²) in [4.78, 5) is 46.6. The van der Waals surface area contributed by atoms with Crippen molar-refractivity contribution >= 4 is 46.4 Å².